The number of nitrogens with one attached hydrogen (secondary N) is 1. The Kier molecular flexibility index (Phi) is 2.22. The van der Waals surface area contributed by atoms with Gasteiger partial charge in [-0.05, 0) is 23.4 Å². The molecule has 1 aromatic carbocycles. The predicted molar refractivity (Wildman–Crippen MR) is 48.4 cm³/mol. The lowest BCUT2D eigenvalue weighted by molar-refractivity contribution is 0.442. The lowest BCUT2D eigenvalue weighted by Gasteiger charge is -1.99. The fourth-order valence-corrected chi connectivity index (χ4v) is 1.21. The molecule has 0 bridgehead atoms. The number of rotatable bonds is 2. The van der Waals surface area contributed by atoms with Crippen LogP contribution in [0.3, 0.4) is 0 Å². The smallest absolute Gasteiger partial charge is 0.361 e. The van der Waals surface area contributed by atoms with Crippen molar-refractivity contribution in [2.75, 3.05) is 0 Å². The maximum absolute atomic E-state index is 5.25. The van der Waals surface area contributed by atoms with Gasteiger partial charge < -0.3 is 4.74 Å². The molecule has 0 atom stereocenters. The van der Waals surface area contributed by atoms with Crippen LogP contribution in [0.15, 0.2) is 28.7 Å². The van der Waals surface area contributed by atoms with E-state index >= 15 is 0 Å². The molecule has 0 aliphatic rings. The summed E-state index contributed by atoms with van der Waals surface area (Å²) in [5, 5.41) is 13.0. The number of aromatic amines is 1. The molecule has 6 heteroatoms. The van der Waals surface area contributed by atoms with E-state index in [-0.39, 0.29) is 6.01 Å². The third kappa shape index (κ3) is 2.03. The van der Waals surface area contributed by atoms with E-state index in [1.807, 2.05) is 18.2 Å². The van der Waals surface area contributed by atoms with E-state index < -0.39 is 0 Å². The first kappa shape index (κ1) is 8.18. The molecule has 1 heterocycles. The van der Waals surface area contributed by atoms with Crippen molar-refractivity contribution in [1.29, 1.82) is 0 Å². The quantitative estimate of drug-likeness (QED) is 0.869. The minimum Gasteiger partial charge on any atom is -0.422 e. The summed E-state index contributed by atoms with van der Waals surface area (Å²) in [7, 11) is 0. The Bertz CT molecular complexity index is 389. The third-order valence-electron chi connectivity index (χ3n) is 1.33. The normalized spacial score (nSPS) is 9.92. The molecule has 0 fully saturated rings. The molecule has 1 aromatic heterocycles. The van der Waals surface area contributed by atoms with Gasteiger partial charge in [-0.25, -0.2) is 0 Å². The van der Waals surface area contributed by atoms with Gasteiger partial charge >= 0.3 is 6.01 Å². The van der Waals surface area contributed by atoms with Crippen LogP contribution in [0.5, 0.6) is 11.8 Å². The van der Waals surface area contributed by atoms with Crippen molar-refractivity contribution < 1.29 is 4.74 Å². The number of hydrogen-bond acceptors (Lipinski definition) is 4. The molecular formula is C7H5BrN4O. The highest BCUT2D eigenvalue weighted by atomic mass is 79.9. The van der Waals surface area contributed by atoms with Crippen molar-refractivity contribution in [1.82, 2.24) is 20.6 Å². The monoisotopic (exact) mass is 240 g/mol. The number of halogens is 1. The number of tetrazole rings is 1. The molecule has 2 aromatic rings. The highest BCUT2D eigenvalue weighted by Crippen LogP contribution is 2.20. The fourth-order valence-electron chi connectivity index (χ4n) is 0.832. The molecule has 0 spiro atoms. The van der Waals surface area contributed by atoms with Crippen LogP contribution in [0.4, 0.5) is 0 Å². The SMILES string of the molecule is Brc1cccc(Oc2nn[nH]n2)c1. The van der Waals surface area contributed by atoms with E-state index in [0.717, 1.165) is 4.47 Å². The molecule has 13 heavy (non-hydrogen) atoms. The van der Waals surface area contributed by atoms with Gasteiger partial charge in [-0.1, -0.05) is 32.2 Å². The first-order valence-corrected chi connectivity index (χ1v) is 4.31. The second-order valence-electron chi connectivity index (χ2n) is 2.25. The Labute approximate surface area is 82.2 Å². The van der Waals surface area contributed by atoms with Crippen LogP contribution in [-0.4, -0.2) is 20.6 Å². The van der Waals surface area contributed by atoms with Crippen molar-refractivity contribution in [3.8, 4) is 11.8 Å². The van der Waals surface area contributed by atoms with Gasteiger partial charge in [0.1, 0.15) is 5.75 Å². The van der Waals surface area contributed by atoms with Gasteiger partial charge in [0.2, 0.25) is 0 Å². The maximum atomic E-state index is 5.25. The largest absolute Gasteiger partial charge is 0.422 e. The minimum absolute atomic E-state index is 0.207. The van der Waals surface area contributed by atoms with Crippen molar-refractivity contribution in [3.63, 3.8) is 0 Å². The summed E-state index contributed by atoms with van der Waals surface area (Å²) < 4.78 is 6.19. The van der Waals surface area contributed by atoms with Crippen molar-refractivity contribution in [2.24, 2.45) is 0 Å². The van der Waals surface area contributed by atoms with Crippen LogP contribution in [-0.2, 0) is 0 Å². The molecule has 2 rings (SSSR count). The van der Waals surface area contributed by atoms with Crippen LogP contribution in [0.25, 0.3) is 0 Å². The molecule has 0 saturated heterocycles. The summed E-state index contributed by atoms with van der Waals surface area (Å²) in [6.45, 7) is 0. The van der Waals surface area contributed by atoms with Gasteiger partial charge in [0.05, 0.1) is 0 Å². The zero-order valence-corrected chi connectivity index (χ0v) is 8.02. The molecule has 0 aliphatic carbocycles. The Morgan fingerprint density at radius 1 is 1.38 bits per heavy atom. The molecule has 1 N–H and O–H groups in total. The third-order valence-corrected chi connectivity index (χ3v) is 1.82. The van der Waals surface area contributed by atoms with Gasteiger partial charge in [0, 0.05) is 4.47 Å². The summed E-state index contributed by atoms with van der Waals surface area (Å²) >= 11 is 3.32. The Morgan fingerprint density at radius 3 is 3.00 bits per heavy atom. The zero-order valence-electron chi connectivity index (χ0n) is 6.44. The highest BCUT2D eigenvalue weighted by molar-refractivity contribution is 9.10. The summed E-state index contributed by atoms with van der Waals surface area (Å²) in [5.41, 5.74) is 0. The highest BCUT2D eigenvalue weighted by Gasteiger charge is 2.00. The fraction of sp³-hybridized carbons (Fsp3) is 0. The number of H-pyrrole nitrogens is 1. The van der Waals surface area contributed by atoms with Gasteiger partial charge in [-0.2, -0.15) is 5.21 Å². The molecular weight excluding hydrogens is 236 g/mol. The summed E-state index contributed by atoms with van der Waals surface area (Å²) in [4.78, 5) is 0. The average molecular weight is 241 g/mol. The van der Waals surface area contributed by atoms with Gasteiger partial charge in [0.15, 0.2) is 0 Å². The van der Waals surface area contributed by atoms with E-state index in [1.165, 1.54) is 0 Å². The summed E-state index contributed by atoms with van der Waals surface area (Å²) in [6.07, 6.45) is 0. The van der Waals surface area contributed by atoms with Crippen LogP contribution in [0.2, 0.25) is 0 Å². The lowest BCUT2D eigenvalue weighted by atomic mass is 10.3. The van der Waals surface area contributed by atoms with Crippen LogP contribution >= 0.6 is 15.9 Å². The van der Waals surface area contributed by atoms with E-state index in [1.54, 1.807) is 6.07 Å². The first-order chi connectivity index (χ1) is 6.34. The van der Waals surface area contributed by atoms with E-state index in [4.69, 9.17) is 4.74 Å². The standard InChI is InChI=1S/C7H5BrN4O/c8-5-2-1-3-6(4-5)13-7-9-11-12-10-7/h1-4H,(H,9,10,11,12). The molecule has 0 saturated carbocycles. The van der Waals surface area contributed by atoms with Gasteiger partial charge in [0.25, 0.3) is 0 Å². The zero-order chi connectivity index (χ0) is 9.10. The van der Waals surface area contributed by atoms with E-state index in [2.05, 4.69) is 36.6 Å². The van der Waals surface area contributed by atoms with E-state index in [0.29, 0.717) is 5.75 Å². The number of aromatic nitrogens is 4. The maximum Gasteiger partial charge on any atom is 0.361 e. The molecule has 5 nitrogen and oxygen atoms in total. The molecule has 66 valence electrons. The average Bonchev–Trinajstić information content (AvgIpc) is 2.57. The topological polar surface area (TPSA) is 63.7 Å². The van der Waals surface area contributed by atoms with Crippen LogP contribution in [0.1, 0.15) is 0 Å². The second kappa shape index (κ2) is 3.53. The first-order valence-electron chi connectivity index (χ1n) is 3.51. The van der Waals surface area contributed by atoms with Crippen molar-refractivity contribution in [2.45, 2.75) is 0 Å². The second-order valence-corrected chi connectivity index (χ2v) is 3.17. The van der Waals surface area contributed by atoms with E-state index in [9.17, 15) is 0 Å². The number of benzene rings is 1. The van der Waals surface area contributed by atoms with Gasteiger partial charge in [-0.3, -0.25) is 0 Å². The number of ether oxygens (including phenoxy) is 1. The Balaban J connectivity index is 2.19. The van der Waals surface area contributed by atoms with Crippen molar-refractivity contribution in [3.05, 3.63) is 28.7 Å². The number of nitrogens with zero attached hydrogens (tertiary/aromatic N) is 3. The van der Waals surface area contributed by atoms with Crippen LogP contribution in [0, 0.1) is 0 Å². The van der Waals surface area contributed by atoms with Crippen LogP contribution < -0.4 is 4.74 Å². The summed E-state index contributed by atoms with van der Waals surface area (Å²) in [5.74, 6) is 0.663. The summed E-state index contributed by atoms with van der Waals surface area (Å²) in [6, 6.07) is 7.60. The van der Waals surface area contributed by atoms with Crippen molar-refractivity contribution >= 4 is 15.9 Å². The molecule has 0 amide bonds. The Hall–Kier alpha value is -1.43. The number of hydrogen-bond donors (Lipinski definition) is 1. The van der Waals surface area contributed by atoms with Gasteiger partial charge in [-0.15, -0.1) is 0 Å². The molecule has 0 radical (unpaired) electrons. The Morgan fingerprint density at radius 2 is 2.31 bits per heavy atom. The molecule has 0 aliphatic heterocycles. The lowest BCUT2D eigenvalue weighted by Crippen LogP contribution is -1.85. The molecule has 0 unspecified atom stereocenters. The predicted octanol–water partition coefficient (Wildman–Crippen LogP) is 1.75. The minimum atomic E-state index is 0.207.